The largest absolute Gasteiger partial charge is 0.481 e. The third-order valence-corrected chi connectivity index (χ3v) is 2.71. The Bertz CT molecular complexity index is 691. The molecule has 0 saturated carbocycles. The molecule has 0 radical (unpaired) electrons. The molecule has 3 rings (SSSR count). The summed E-state index contributed by atoms with van der Waals surface area (Å²) in [5.41, 5.74) is 2.34. The van der Waals surface area contributed by atoms with Gasteiger partial charge in [-0.05, 0) is 18.2 Å². The molecule has 18 heavy (non-hydrogen) atoms. The van der Waals surface area contributed by atoms with Crippen molar-refractivity contribution >= 4 is 5.65 Å². The van der Waals surface area contributed by atoms with Crippen molar-refractivity contribution in [2.45, 2.75) is 0 Å². The van der Waals surface area contributed by atoms with Crippen LogP contribution in [0.25, 0.3) is 16.9 Å². The van der Waals surface area contributed by atoms with E-state index in [0.717, 1.165) is 11.3 Å². The predicted octanol–water partition coefficient (Wildman–Crippen LogP) is 2.54. The minimum Gasteiger partial charge on any atom is -0.481 e. The maximum absolute atomic E-state index is 13.2. The number of aromatic nitrogens is 3. The summed E-state index contributed by atoms with van der Waals surface area (Å²) in [5.74, 6) is 0.238. The van der Waals surface area contributed by atoms with Crippen LogP contribution in [-0.2, 0) is 0 Å². The van der Waals surface area contributed by atoms with Gasteiger partial charge in [-0.25, -0.2) is 14.4 Å². The lowest BCUT2D eigenvalue weighted by Gasteiger charge is -2.03. The van der Waals surface area contributed by atoms with Crippen LogP contribution in [0.3, 0.4) is 0 Å². The third-order valence-electron chi connectivity index (χ3n) is 2.71. The van der Waals surface area contributed by atoms with Crippen LogP contribution in [0.1, 0.15) is 0 Å². The number of fused-ring (bicyclic) bond motifs is 1. The van der Waals surface area contributed by atoms with E-state index < -0.39 is 0 Å². The molecule has 0 aromatic carbocycles. The van der Waals surface area contributed by atoms with E-state index in [9.17, 15) is 4.39 Å². The fourth-order valence-corrected chi connectivity index (χ4v) is 1.82. The number of pyridine rings is 2. The fraction of sp³-hybridized carbons (Fsp3) is 0.0769. The quantitative estimate of drug-likeness (QED) is 0.694. The predicted molar refractivity (Wildman–Crippen MR) is 64.9 cm³/mol. The molecule has 0 atom stereocenters. The molecule has 0 amide bonds. The SMILES string of the molecule is COc1ccc(-c2cnc3ccc(F)cn23)cn1. The number of methoxy groups -OCH3 is 1. The van der Waals surface area contributed by atoms with Gasteiger partial charge >= 0.3 is 0 Å². The van der Waals surface area contributed by atoms with Crippen molar-refractivity contribution in [3.8, 4) is 17.1 Å². The topological polar surface area (TPSA) is 39.4 Å². The van der Waals surface area contributed by atoms with Crippen molar-refractivity contribution in [2.24, 2.45) is 0 Å². The number of rotatable bonds is 2. The van der Waals surface area contributed by atoms with Gasteiger partial charge in [0.15, 0.2) is 0 Å². The molecule has 0 unspecified atom stereocenters. The van der Waals surface area contributed by atoms with Gasteiger partial charge in [0.1, 0.15) is 11.5 Å². The summed E-state index contributed by atoms with van der Waals surface area (Å²) in [6.07, 6.45) is 4.77. The molecule has 3 aromatic rings. The monoisotopic (exact) mass is 243 g/mol. The summed E-state index contributed by atoms with van der Waals surface area (Å²) in [6.45, 7) is 0. The average Bonchev–Trinajstić information content (AvgIpc) is 2.82. The first kappa shape index (κ1) is 10.7. The first-order chi connectivity index (χ1) is 8.78. The summed E-state index contributed by atoms with van der Waals surface area (Å²) in [5, 5.41) is 0. The number of hydrogen-bond acceptors (Lipinski definition) is 3. The summed E-state index contributed by atoms with van der Waals surface area (Å²) >= 11 is 0. The molecular formula is C13H10FN3O. The Labute approximate surface area is 103 Å². The van der Waals surface area contributed by atoms with Gasteiger partial charge in [0.05, 0.1) is 19.0 Å². The molecule has 90 valence electrons. The lowest BCUT2D eigenvalue weighted by atomic mass is 10.2. The molecule has 3 aromatic heterocycles. The number of imidazole rings is 1. The fourth-order valence-electron chi connectivity index (χ4n) is 1.82. The normalized spacial score (nSPS) is 10.8. The van der Waals surface area contributed by atoms with Gasteiger partial charge < -0.3 is 4.74 Å². The van der Waals surface area contributed by atoms with E-state index in [-0.39, 0.29) is 5.82 Å². The number of nitrogens with zero attached hydrogens (tertiary/aromatic N) is 3. The lowest BCUT2D eigenvalue weighted by Crippen LogP contribution is -1.91. The van der Waals surface area contributed by atoms with Crippen molar-refractivity contribution in [3.05, 3.63) is 48.7 Å². The average molecular weight is 243 g/mol. The third kappa shape index (κ3) is 1.69. The first-order valence-corrected chi connectivity index (χ1v) is 5.41. The van der Waals surface area contributed by atoms with Crippen LogP contribution in [0.5, 0.6) is 5.88 Å². The molecule has 0 aliphatic rings. The zero-order valence-electron chi connectivity index (χ0n) is 9.67. The summed E-state index contributed by atoms with van der Waals surface area (Å²) in [4.78, 5) is 8.34. The van der Waals surface area contributed by atoms with Gasteiger partial charge in [0.25, 0.3) is 0 Å². The highest BCUT2D eigenvalue weighted by atomic mass is 19.1. The van der Waals surface area contributed by atoms with Crippen molar-refractivity contribution in [1.82, 2.24) is 14.4 Å². The highest BCUT2D eigenvalue weighted by Gasteiger charge is 2.07. The van der Waals surface area contributed by atoms with E-state index >= 15 is 0 Å². The molecule has 4 nitrogen and oxygen atoms in total. The van der Waals surface area contributed by atoms with Gasteiger partial charge in [0.2, 0.25) is 5.88 Å². The van der Waals surface area contributed by atoms with Crippen LogP contribution in [0.4, 0.5) is 4.39 Å². The van der Waals surface area contributed by atoms with Gasteiger partial charge in [-0.3, -0.25) is 4.40 Å². The van der Waals surface area contributed by atoms with E-state index in [1.54, 1.807) is 36.0 Å². The summed E-state index contributed by atoms with van der Waals surface area (Å²) in [6, 6.07) is 6.64. The maximum atomic E-state index is 13.2. The van der Waals surface area contributed by atoms with Crippen LogP contribution < -0.4 is 4.74 Å². The van der Waals surface area contributed by atoms with E-state index in [0.29, 0.717) is 11.5 Å². The maximum Gasteiger partial charge on any atom is 0.212 e. The lowest BCUT2D eigenvalue weighted by molar-refractivity contribution is 0.398. The van der Waals surface area contributed by atoms with E-state index in [4.69, 9.17) is 4.74 Å². The van der Waals surface area contributed by atoms with E-state index in [1.165, 1.54) is 12.3 Å². The molecule has 0 N–H and O–H groups in total. The first-order valence-electron chi connectivity index (χ1n) is 5.41. The van der Waals surface area contributed by atoms with Crippen molar-refractivity contribution in [3.63, 3.8) is 0 Å². The smallest absolute Gasteiger partial charge is 0.212 e. The Hall–Kier alpha value is -2.43. The molecule has 0 aliphatic carbocycles. The van der Waals surface area contributed by atoms with Crippen LogP contribution in [0.15, 0.2) is 42.9 Å². The number of halogens is 1. The minimum absolute atomic E-state index is 0.303. The molecule has 0 spiro atoms. The van der Waals surface area contributed by atoms with Crippen LogP contribution in [0, 0.1) is 5.82 Å². The Morgan fingerprint density at radius 3 is 2.72 bits per heavy atom. The standard InChI is InChI=1S/C13H10FN3O/c1-18-13-5-2-9(6-16-13)11-7-15-12-4-3-10(14)8-17(11)12/h2-8H,1H3. The Balaban J connectivity index is 2.15. The Morgan fingerprint density at radius 1 is 1.11 bits per heavy atom. The van der Waals surface area contributed by atoms with Gasteiger partial charge in [-0.15, -0.1) is 0 Å². The second-order valence-corrected chi connectivity index (χ2v) is 3.81. The Kier molecular flexibility index (Phi) is 2.44. The minimum atomic E-state index is -0.303. The highest BCUT2D eigenvalue weighted by Crippen LogP contribution is 2.21. The van der Waals surface area contributed by atoms with E-state index in [2.05, 4.69) is 9.97 Å². The van der Waals surface area contributed by atoms with Crippen LogP contribution in [0.2, 0.25) is 0 Å². The second-order valence-electron chi connectivity index (χ2n) is 3.81. The number of hydrogen-bond donors (Lipinski definition) is 0. The molecule has 0 saturated heterocycles. The Morgan fingerprint density at radius 2 is 2.00 bits per heavy atom. The van der Waals surface area contributed by atoms with E-state index in [1.807, 2.05) is 6.07 Å². The molecule has 0 aliphatic heterocycles. The molecule has 0 fully saturated rings. The van der Waals surface area contributed by atoms with Crippen LogP contribution >= 0.6 is 0 Å². The van der Waals surface area contributed by atoms with Crippen molar-refractivity contribution < 1.29 is 9.13 Å². The zero-order chi connectivity index (χ0) is 12.5. The van der Waals surface area contributed by atoms with Gasteiger partial charge in [-0.1, -0.05) is 0 Å². The van der Waals surface area contributed by atoms with Crippen molar-refractivity contribution in [2.75, 3.05) is 7.11 Å². The summed E-state index contributed by atoms with van der Waals surface area (Å²) in [7, 11) is 1.56. The highest BCUT2D eigenvalue weighted by molar-refractivity contribution is 5.63. The second kappa shape index (κ2) is 4.10. The zero-order valence-corrected chi connectivity index (χ0v) is 9.67. The number of ether oxygens (including phenoxy) is 1. The van der Waals surface area contributed by atoms with Crippen LogP contribution in [-0.4, -0.2) is 21.5 Å². The molecule has 5 heteroatoms. The molecular weight excluding hydrogens is 233 g/mol. The van der Waals surface area contributed by atoms with Gasteiger partial charge in [0, 0.05) is 24.0 Å². The molecule has 0 bridgehead atoms. The van der Waals surface area contributed by atoms with Crippen molar-refractivity contribution in [1.29, 1.82) is 0 Å². The summed E-state index contributed by atoms with van der Waals surface area (Å²) < 4.78 is 19.9. The van der Waals surface area contributed by atoms with Gasteiger partial charge in [-0.2, -0.15) is 0 Å². The molecule has 3 heterocycles.